The van der Waals surface area contributed by atoms with E-state index in [0.29, 0.717) is 23.3 Å². The third kappa shape index (κ3) is 2.90. The number of carbonyl (C=O) groups excluding carboxylic acids is 1. The summed E-state index contributed by atoms with van der Waals surface area (Å²) in [5.41, 5.74) is 2.61. The van der Waals surface area contributed by atoms with Crippen molar-refractivity contribution in [1.82, 2.24) is 19.7 Å². The van der Waals surface area contributed by atoms with Crippen LogP contribution in [0.3, 0.4) is 0 Å². The lowest BCUT2D eigenvalue weighted by Crippen LogP contribution is -2.36. The molecule has 0 saturated heterocycles. The maximum absolute atomic E-state index is 12.6. The average molecular weight is 327 g/mol. The van der Waals surface area contributed by atoms with E-state index in [9.17, 15) is 9.59 Å². The van der Waals surface area contributed by atoms with Crippen LogP contribution in [0.2, 0.25) is 0 Å². The first-order valence-electron chi connectivity index (χ1n) is 7.76. The van der Waals surface area contributed by atoms with Crippen molar-refractivity contribution >= 4 is 22.8 Å². The van der Waals surface area contributed by atoms with Gasteiger partial charge in [0.1, 0.15) is 0 Å². The number of aromatic amines is 1. The topological polar surface area (TPSA) is 96.2 Å². The molecule has 0 spiro atoms. The van der Waals surface area contributed by atoms with Crippen molar-refractivity contribution in [3.05, 3.63) is 46.7 Å². The van der Waals surface area contributed by atoms with Crippen LogP contribution in [0, 0.1) is 0 Å². The summed E-state index contributed by atoms with van der Waals surface area (Å²) in [6.45, 7) is 0.520. The van der Waals surface area contributed by atoms with Crippen LogP contribution in [-0.4, -0.2) is 31.7 Å². The highest BCUT2D eigenvalue weighted by atomic mass is 16.4. The van der Waals surface area contributed by atoms with Gasteiger partial charge in [0, 0.05) is 36.6 Å². The van der Waals surface area contributed by atoms with Gasteiger partial charge in [0.15, 0.2) is 5.58 Å². The molecule has 1 fully saturated rings. The fourth-order valence-corrected chi connectivity index (χ4v) is 2.72. The Kier molecular flexibility index (Phi) is 3.37. The summed E-state index contributed by atoms with van der Waals surface area (Å²) < 4.78 is 6.74. The van der Waals surface area contributed by atoms with Gasteiger partial charge in [-0.05, 0) is 25.0 Å². The van der Waals surface area contributed by atoms with E-state index in [1.807, 2.05) is 18.1 Å². The zero-order valence-electron chi connectivity index (χ0n) is 13.2. The summed E-state index contributed by atoms with van der Waals surface area (Å²) >= 11 is 0. The number of benzene rings is 1. The van der Waals surface area contributed by atoms with Crippen molar-refractivity contribution in [2.24, 2.45) is 7.05 Å². The minimum atomic E-state index is -0.510. The zero-order valence-corrected chi connectivity index (χ0v) is 13.2. The Balaban J connectivity index is 1.52. The lowest BCUT2D eigenvalue weighted by atomic mass is 10.3. The molecule has 1 aliphatic carbocycles. The Bertz CT molecular complexity index is 950. The number of fused-ring (bicyclic) bond motifs is 1. The van der Waals surface area contributed by atoms with E-state index in [4.69, 9.17) is 4.42 Å². The quantitative estimate of drug-likeness (QED) is 0.766. The second-order valence-electron chi connectivity index (χ2n) is 6.04. The van der Waals surface area contributed by atoms with Gasteiger partial charge in [-0.1, -0.05) is 0 Å². The van der Waals surface area contributed by atoms with Crippen molar-refractivity contribution in [2.75, 3.05) is 5.32 Å². The van der Waals surface area contributed by atoms with Crippen molar-refractivity contribution in [1.29, 1.82) is 0 Å². The minimum Gasteiger partial charge on any atom is -0.408 e. The standard InChI is InChI=1S/C16H17N5O3/c1-20-8-10(7-17-20)9-21(12-3-4-12)15(22)18-11-2-5-13-14(6-11)24-16(23)19-13/h2,5-8,12H,3-4,9H2,1H3,(H,18,22)(H,19,23). The molecule has 3 aromatic rings. The Hall–Kier alpha value is -3.03. The van der Waals surface area contributed by atoms with Gasteiger partial charge >= 0.3 is 11.8 Å². The molecule has 0 radical (unpaired) electrons. The number of hydrogen-bond donors (Lipinski definition) is 2. The number of amides is 2. The van der Waals surface area contributed by atoms with E-state index in [0.717, 1.165) is 18.4 Å². The highest BCUT2D eigenvalue weighted by Gasteiger charge is 2.33. The van der Waals surface area contributed by atoms with Crippen LogP contribution in [0.4, 0.5) is 10.5 Å². The number of oxazole rings is 1. The second kappa shape index (κ2) is 5.55. The first-order chi connectivity index (χ1) is 11.6. The minimum absolute atomic E-state index is 0.168. The maximum atomic E-state index is 12.6. The van der Waals surface area contributed by atoms with Gasteiger partial charge < -0.3 is 14.6 Å². The SMILES string of the molecule is Cn1cc(CN(C(=O)Nc2ccc3[nH]c(=O)oc3c2)C2CC2)cn1. The summed E-state index contributed by atoms with van der Waals surface area (Å²) in [6, 6.07) is 5.18. The molecule has 0 atom stereocenters. The first-order valence-corrected chi connectivity index (χ1v) is 7.76. The van der Waals surface area contributed by atoms with E-state index < -0.39 is 5.76 Å². The van der Waals surface area contributed by atoms with E-state index >= 15 is 0 Å². The van der Waals surface area contributed by atoms with Gasteiger partial charge in [0.25, 0.3) is 0 Å². The number of rotatable bonds is 4. The summed E-state index contributed by atoms with van der Waals surface area (Å²) in [7, 11) is 1.85. The molecule has 4 rings (SSSR count). The van der Waals surface area contributed by atoms with Gasteiger partial charge in [-0.25, -0.2) is 9.59 Å². The lowest BCUT2D eigenvalue weighted by molar-refractivity contribution is 0.206. The van der Waals surface area contributed by atoms with Crippen molar-refractivity contribution in [3.63, 3.8) is 0 Å². The number of aryl methyl sites for hydroxylation is 1. The fourth-order valence-electron chi connectivity index (χ4n) is 2.72. The molecule has 2 N–H and O–H groups in total. The Morgan fingerprint density at radius 2 is 2.33 bits per heavy atom. The molecule has 2 heterocycles. The summed E-state index contributed by atoms with van der Waals surface area (Å²) in [5, 5.41) is 7.02. The number of H-pyrrole nitrogens is 1. The van der Waals surface area contributed by atoms with E-state index in [1.54, 1.807) is 29.1 Å². The Labute approximate surface area is 137 Å². The van der Waals surface area contributed by atoms with Crippen LogP contribution >= 0.6 is 0 Å². The van der Waals surface area contributed by atoms with Crippen LogP contribution in [0.15, 0.2) is 39.8 Å². The number of hydrogen-bond acceptors (Lipinski definition) is 4. The van der Waals surface area contributed by atoms with Crippen molar-refractivity contribution < 1.29 is 9.21 Å². The molecule has 8 heteroatoms. The molecule has 2 aromatic heterocycles. The molecule has 24 heavy (non-hydrogen) atoms. The highest BCUT2D eigenvalue weighted by Crippen LogP contribution is 2.29. The molecular formula is C16H17N5O3. The predicted octanol–water partition coefficient (Wildman–Crippen LogP) is 2.05. The summed E-state index contributed by atoms with van der Waals surface area (Å²) in [5.74, 6) is -0.510. The van der Waals surface area contributed by atoms with Gasteiger partial charge in [0.05, 0.1) is 18.3 Å². The monoisotopic (exact) mass is 327 g/mol. The normalized spacial score (nSPS) is 14.0. The highest BCUT2D eigenvalue weighted by molar-refractivity contribution is 5.91. The lowest BCUT2D eigenvalue weighted by Gasteiger charge is -2.22. The predicted molar refractivity (Wildman–Crippen MR) is 87.6 cm³/mol. The number of aromatic nitrogens is 3. The largest absolute Gasteiger partial charge is 0.417 e. The second-order valence-corrected chi connectivity index (χ2v) is 6.04. The number of urea groups is 1. The molecule has 1 saturated carbocycles. The molecule has 2 amide bonds. The Morgan fingerprint density at radius 3 is 3.04 bits per heavy atom. The van der Waals surface area contributed by atoms with Gasteiger partial charge in [0.2, 0.25) is 0 Å². The molecule has 0 unspecified atom stereocenters. The molecular weight excluding hydrogens is 310 g/mol. The zero-order chi connectivity index (χ0) is 16.7. The smallest absolute Gasteiger partial charge is 0.408 e. The summed E-state index contributed by atoms with van der Waals surface area (Å²) in [6.07, 6.45) is 5.70. The molecule has 0 aliphatic heterocycles. The fraction of sp³-hybridized carbons (Fsp3) is 0.312. The average Bonchev–Trinajstić information content (AvgIpc) is 3.19. The number of nitrogens with one attached hydrogen (secondary N) is 2. The van der Waals surface area contributed by atoms with Crippen LogP contribution in [0.1, 0.15) is 18.4 Å². The van der Waals surface area contributed by atoms with Crippen LogP contribution < -0.4 is 11.1 Å². The third-order valence-electron chi connectivity index (χ3n) is 4.03. The third-order valence-corrected chi connectivity index (χ3v) is 4.03. The van der Waals surface area contributed by atoms with Crippen molar-refractivity contribution in [3.8, 4) is 0 Å². The van der Waals surface area contributed by atoms with Crippen LogP contribution in [0.5, 0.6) is 0 Å². The molecule has 1 aliphatic rings. The number of anilines is 1. The van der Waals surface area contributed by atoms with Crippen LogP contribution in [-0.2, 0) is 13.6 Å². The molecule has 0 bridgehead atoms. The van der Waals surface area contributed by atoms with Gasteiger partial charge in [-0.3, -0.25) is 9.67 Å². The van der Waals surface area contributed by atoms with E-state index in [2.05, 4.69) is 15.4 Å². The maximum Gasteiger partial charge on any atom is 0.417 e. The molecule has 1 aromatic carbocycles. The van der Waals surface area contributed by atoms with Crippen LogP contribution in [0.25, 0.3) is 11.1 Å². The molecule has 8 nitrogen and oxygen atoms in total. The van der Waals surface area contributed by atoms with E-state index in [-0.39, 0.29) is 12.1 Å². The molecule has 124 valence electrons. The Morgan fingerprint density at radius 1 is 1.50 bits per heavy atom. The first kappa shape index (κ1) is 14.6. The van der Waals surface area contributed by atoms with Gasteiger partial charge in [-0.15, -0.1) is 0 Å². The van der Waals surface area contributed by atoms with E-state index in [1.165, 1.54) is 0 Å². The summed E-state index contributed by atoms with van der Waals surface area (Å²) in [4.78, 5) is 28.2. The number of nitrogens with zero attached hydrogens (tertiary/aromatic N) is 3. The number of carbonyl (C=O) groups is 1. The van der Waals surface area contributed by atoms with Gasteiger partial charge in [-0.2, -0.15) is 5.10 Å². The van der Waals surface area contributed by atoms with Crippen molar-refractivity contribution in [2.45, 2.75) is 25.4 Å².